The van der Waals surface area contributed by atoms with Crippen molar-refractivity contribution in [2.24, 2.45) is 5.73 Å². The number of nitrogen functional groups attached to an aromatic ring is 1. The fourth-order valence-electron chi connectivity index (χ4n) is 3.73. The van der Waals surface area contributed by atoms with Gasteiger partial charge in [0.15, 0.2) is 0 Å². The van der Waals surface area contributed by atoms with Crippen LogP contribution in [0.25, 0.3) is 11.0 Å². The first-order valence-electron chi connectivity index (χ1n) is 8.46. The lowest BCUT2D eigenvalue weighted by atomic mass is 10.1. The number of likely N-dealkylation sites (tertiary alicyclic amines) is 1. The zero-order valence-corrected chi connectivity index (χ0v) is 14.1. The van der Waals surface area contributed by atoms with Crippen molar-refractivity contribution in [2.45, 2.75) is 31.5 Å². The van der Waals surface area contributed by atoms with E-state index in [2.05, 4.69) is 14.9 Å². The van der Waals surface area contributed by atoms with Crippen LogP contribution in [0, 0.1) is 5.41 Å². The van der Waals surface area contributed by atoms with Gasteiger partial charge < -0.3 is 31.7 Å². The maximum absolute atomic E-state index is 9.77. The Morgan fingerprint density at radius 3 is 2.84 bits per heavy atom. The molecule has 3 heterocycles. The van der Waals surface area contributed by atoms with Gasteiger partial charge in [0.2, 0.25) is 0 Å². The quantitative estimate of drug-likeness (QED) is 0.422. The highest BCUT2D eigenvalue weighted by molar-refractivity contribution is 5.99. The van der Waals surface area contributed by atoms with Crippen LogP contribution in [0.5, 0.6) is 0 Å². The second-order valence-electron chi connectivity index (χ2n) is 6.35. The van der Waals surface area contributed by atoms with Crippen molar-refractivity contribution in [3.8, 4) is 0 Å². The number of aliphatic hydroxyl groups is 2. The molecule has 7 N–H and O–H groups in total. The molecular weight excluding hydrogens is 322 g/mol. The van der Waals surface area contributed by atoms with Gasteiger partial charge in [-0.15, -0.1) is 0 Å². The predicted molar refractivity (Wildman–Crippen MR) is 95.5 cm³/mol. The summed E-state index contributed by atoms with van der Waals surface area (Å²) in [6.45, 7) is 2.01. The predicted octanol–water partition coefficient (Wildman–Crippen LogP) is -0.540. The molecule has 2 atom stereocenters. The van der Waals surface area contributed by atoms with Gasteiger partial charge in [0.25, 0.3) is 0 Å². The Hall–Kier alpha value is -2.07. The number of rotatable bonds is 7. The van der Waals surface area contributed by atoms with Gasteiger partial charge in [0.1, 0.15) is 23.8 Å². The Balaban J connectivity index is 2.05. The van der Waals surface area contributed by atoms with Crippen molar-refractivity contribution in [2.75, 3.05) is 32.0 Å². The van der Waals surface area contributed by atoms with Crippen molar-refractivity contribution >= 4 is 23.1 Å². The number of hydrogen-bond donors (Lipinski definition) is 5. The number of nitrogens with two attached hydrogens (primary N) is 2. The van der Waals surface area contributed by atoms with Crippen LogP contribution in [-0.2, 0) is 6.61 Å². The van der Waals surface area contributed by atoms with Gasteiger partial charge in [-0.1, -0.05) is 0 Å². The van der Waals surface area contributed by atoms with Crippen LogP contribution in [0.15, 0.2) is 6.20 Å². The second-order valence-corrected chi connectivity index (χ2v) is 6.35. The molecule has 25 heavy (non-hydrogen) atoms. The standard InChI is InChI=1S/C16H25N7O2/c17-2-1-3-22-7-10(4-11(22)8-24)23-14(9-25)21-13-6-20-16(19)12(5-18)15(13)23/h5-6,10-11,18,24-25H,1-4,7-9,17H2,(H2,19,20). The average Bonchev–Trinajstić information content (AvgIpc) is 3.20. The Morgan fingerprint density at radius 1 is 1.40 bits per heavy atom. The number of anilines is 1. The van der Waals surface area contributed by atoms with Crippen LogP contribution in [-0.4, -0.2) is 68.1 Å². The average molecular weight is 347 g/mol. The summed E-state index contributed by atoms with van der Waals surface area (Å²) in [6, 6.07) is 0.0748. The zero-order valence-electron chi connectivity index (χ0n) is 14.1. The van der Waals surface area contributed by atoms with E-state index in [1.165, 1.54) is 6.21 Å². The second kappa shape index (κ2) is 7.44. The summed E-state index contributed by atoms with van der Waals surface area (Å²) in [7, 11) is 0. The Morgan fingerprint density at radius 2 is 2.20 bits per heavy atom. The minimum atomic E-state index is -0.213. The highest BCUT2D eigenvalue weighted by atomic mass is 16.3. The molecule has 3 rings (SSSR count). The molecule has 1 aliphatic rings. The number of aromatic nitrogens is 3. The molecule has 1 fully saturated rings. The van der Waals surface area contributed by atoms with E-state index in [4.69, 9.17) is 16.9 Å². The van der Waals surface area contributed by atoms with Gasteiger partial charge in [-0.2, -0.15) is 0 Å². The van der Waals surface area contributed by atoms with E-state index in [9.17, 15) is 10.2 Å². The number of nitrogens with zero attached hydrogens (tertiary/aromatic N) is 4. The molecule has 136 valence electrons. The molecule has 2 aromatic heterocycles. The highest BCUT2D eigenvalue weighted by Crippen LogP contribution is 2.33. The molecule has 9 heteroatoms. The number of imidazole rings is 1. The summed E-state index contributed by atoms with van der Waals surface area (Å²) in [5, 5.41) is 27.2. The summed E-state index contributed by atoms with van der Waals surface area (Å²) < 4.78 is 1.96. The normalized spacial score (nSPS) is 21.2. The first-order valence-corrected chi connectivity index (χ1v) is 8.46. The number of nitrogens with one attached hydrogen (secondary N) is 1. The molecule has 0 bridgehead atoms. The van der Waals surface area contributed by atoms with Crippen LogP contribution in [0.4, 0.5) is 5.82 Å². The number of hydrogen-bond acceptors (Lipinski definition) is 8. The van der Waals surface area contributed by atoms with Crippen molar-refractivity contribution in [3.05, 3.63) is 17.6 Å². The van der Waals surface area contributed by atoms with Crippen LogP contribution in [0.3, 0.4) is 0 Å². The van der Waals surface area contributed by atoms with E-state index in [1.807, 2.05) is 4.57 Å². The third-order valence-electron chi connectivity index (χ3n) is 4.89. The molecule has 0 spiro atoms. The lowest BCUT2D eigenvalue weighted by Crippen LogP contribution is -2.34. The van der Waals surface area contributed by atoms with E-state index >= 15 is 0 Å². The van der Waals surface area contributed by atoms with E-state index in [0.29, 0.717) is 29.0 Å². The molecule has 0 radical (unpaired) electrons. The number of pyridine rings is 1. The molecule has 2 aromatic rings. The van der Waals surface area contributed by atoms with Gasteiger partial charge in [-0.3, -0.25) is 4.90 Å². The van der Waals surface area contributed by atoms with E-state index in [1.54, 1.807) is 6.20 Å². The number of fused-ring (bicyclic) bond motifs is 1. The maximum atomic E-state index is 9.77. The molecule has 0 aromatic carbocycles. The highest BCUT2D eigenvalue weighted by Gasteiger charge is 2.34. The van der Waals surface area contributed by atoms with Crippen LogP contribution < -0.4 is 11.5 Å². The van der Waals surface area contributed by atoms with Crippen LogP contribution in [0.1, 0.15) is 30.3 Å². The Kier molecular flexibility index (Phi) is 5.28. The lowest BCUT2D eigenvalue weighted by Gasteiger charge is -2.22. The summed E-state index contributed by atoms with van der Waals surface area (Å²) in [4.78, 5) is 10.8. The Labute approximate surface area is 145 Å². The molecule has 1 aliphatic heterocycles. The minimum Gasteiger partial charge on any atom is -0.395 e. The van der Waals surface area contributed by atoms with Crippen molar-refractivity contribution in [1.29, 1.82) is 5.41 Å². The summed E-state index contributed by atoms with van der Waals surface area (Å²) in [5.74, 6) is 0.790. The third-order valence-corrected chi connectivity index (χ3v) is 4.89. The van der Waals surface area contributed by atoms with E-state index in [0.717, 1.165) is 25.9 Å². The smallest absolute Gasteiger partial charge is 0.136 e. The summed E-state index contributed by atoms with van der Waals surface area (Å²) in [6.07, 6.45) is 4.34. The zero-order chi connectivity index (χ0) is 18.0. The van der Waals surface area contributed by atoms with Crippen molar-refractivity contribution < 1.29 is 10.2 Å². The minimum absolute atomic E-state index is 0.0302. The van der Waals surface area contributed by atoms with Crippen LogP contribution in [0.2, 0.25) is 0 Å². The summed E-state index contributed by atoms with van der Waals surface area (Å²) in [5.41, 5.74) is 13.4. The molecule has 0 saturated carbocycles. The fraction of sp³-hybridized carbons (Fsp3) is 0.562. The monoisotopic (exact) mass is 347 g/mol. The van der Waals surface area contributed by atoms with E-state index in [-0.39, 0.29) is 31.1 Å². The van der Waals surface area contributed by atoms with Gasteiger partial charge in [-0.05, 0) is 25.9 Å². The third kappa shape index (κ3) is 3.11. The molecular formula is C16H25N7O2. The van der Waals surface area contributed by atoms with Crippen molar-refractivity contribution in [3.63, 3.8) is 0 Å². The first-order chi connectivity index (χ1) is 12.1. The van der Waals surface area contributed by atoms with Crippen LogP contribution >= 0.6 is 0 Å². The first kappa shape index (κ1) is 17.7. The largest absolute Gasteiger partial charge is 0.395 e. The number of aliphatic hydroxyl groups excluding tert-OH is 2. The van der Waals surface area contributed by atoms with E-state index < -0.39 is 0 Å². The SMILES string of the molecule is N=Cc1c(N)ncc2nc(CO)n(C3CC(CO)N(CCCN)C3)c12. The fourth-order valence-corrected chi connectivity index (χ4v) is 3.73. The van der Waals surface area contributed by atoms with Gasteiger partial charge in [-0.25, -0.2) is 9.97 Å². The molecule has 0 amide bonds. The topological polar surface area (TPSA) is 150 Å². The van der Waals surface area contributed by atoms with Gasteiger partial charge in [0, 0.05) is 24.8 Å². The molecule has 9 nitrogen and oxygen atoms in total. The van der Waals surface area contributed by atoms with Gasteiger partial charge in [0.05, 0.1) is 23.9 Å². The molecule has 0 aliphatic carbocycles. The van der Waals surface area contributed by atoms with Crippen molar-refractivity contribution in [1.82, 2.24) is 19.4 Å². The molecule has 2 unspecified atom stereocenters. The lowest BCUT2D eigenvalue weighted by molar-refractivity contribution is 0.158. The Bertz CT molecular complexity index is 761. The summed E-state index contributed by atoms with van der Waals surface area (Å²) >= 11 is 0. The maximum Gasteiger partial charge on any atom is 0.136 e. The van der Waals surface area contributed by atoms with Gasteiger partial charge >= 0.3 is 0 Å². The molecule has 1 saturated heterocycles.